The summed E-state index contributed by atoms with van der Waals surface area (Å²) in [6.07, 6.45) is 3.24. The van der Waals surface area contributed by atoms with E-state index in [1.165, 1.54) is 23.3 Å². The van der Waals surface area contributed by atoms with Crippen LogP contribution in [0.5, 0.6) is 5.75 Å². The van der Waals surface area contributed by atoms with Gasteiger partial charge >= 0.3 is 5.69 Å². The molecule has 0 aromatic heterocycles. The molecule has 0 fully saturated rings. The number of nitro benzene ring substituents is 1. The molecule has 3 rings (SSSR count). The quantitative estimate of drug-likeness (QED) is 0.647. The Balaban J connectivity index is 1.54. The van der Waals surface area contributed by atoms with Gasteiger partial charge in [0, 0.05) is 18.5 Å². The minimum Gasteiger partial charge on any atom is -0.477 e. The van der Waals surface area contributed by atoms with Crippen molar-refractivity contribution in [3.8, 4) is 5.75 Å². The molecule has 130 valence electrons. The highest BCUT2D eigenvalue weighted by Gasteiger charge is 2.20. The molecule has 2 aromatic carbocycles. The number of aryl methyl sites for hydroxylation is 1. The van der Waals surface area contributed by atoms with Crippen molar-refractivity contribution < 1.29 is 14.5 Å². The molecule has 0 saturated carbocycles. The summed E-state index contributed by atoms with van der Waals surface area (Å²) >= 11 is 0. The zero-order valence-corrected chi connectivity index (χ0v) is 13.8. The number of nitrogens with zero attached hydrogens (tertiary/aromatic N) is 1. The summed E-state index contributed by atoms with van der Waals surface area (Å²) in [6, 6.07) is 14.4. The number of ether oxygens (including phenoxy) is 1. The molecule has 1 aliphatic rings. The molecule has 6 nitrogen and oxygen atoms in total. The number of nitrogens with one attached hydrogen (secondary N) is 1. The molecule has 1 N–H and O–H groups in total. The van der Waals surface area contributed by atoms with Crippen molar-refractivity contribution in [2.24, 2.45) is 0 Å². The third-order valence-electron chi connectivity index (χ3n) is 4.46. The molecular formula is C19H20N2O4. The first-order chi connectivity index (χ1) is 12.1. The number of rotatable bonds is 6. The van der Waals surface area contributed by atoms with Crippen LogP contribution in [-0.4, -0.2) is 24.0 Å². The molecule has 0 spiro atoms. The Morgan fingerprint density at radius 1 is 1.20 bits per heavy atom. The van der Waals surface area contributed by atoms with E-state index in [-0.39, 0.29) is 24.0 Å². The fraction of sp³-hybridized carbons (Fsp3) is 0.316. The largest absolute Gasteiger partial charge is 0.477 e. The average molecular weight is 340 g/mol. The third-order valence-corrected chi connectivity index (χ3v) is 4.46. The first-order valence-corrected chi connectivity index (χ1v) is 8.36. The lowest BCUT2D eigenvalue weighted by Crippen LogP contribution is -2.33. The summed E-state index contributed by atoms with van der Waals surface area (Å²) in [5.74, 6) is 0.131. The van der Waals surface area contributed by atoms with Crippen molar-refractivity contribution in [2.75, 3.05) is 13.2 Å². The molecule has 6 heteroatoms. The van der Waals surface area contributed by atoms with Gasteiger partial charge in [0.15, 0.2) is 12.4 Å². The molecule has 0 bridgehead atoms. The summed E-state index contributed by atoms with van der Waals surface area (Å²) in [4.78, 5) is 22.5. The number of hydrogen-bond donors (Lipinski definition) is 1. The third kappa shape index (κ3) is 4.15. The maximum atomic E-state index is 12.0. The molecule has 0 radical (unpaired) electrons. The summed E-state index contributed by atoms with van der Waals surface area (Å²) in [7, 11) is 0. The second-order valence-electron chi connectivity index (χ2n) is 6.11. The van der Waals surface area contributed by atoms with Crippen LogP contribution in [0.1, 0.15) is 29.9 Å². The van der Waals surface area contributed by atoms with Gasteiger partial charge < -0.3 is 10.1 Å². The highest BCUT2D eigenvalue weighted by Crippen LogP contribution is 2.30. The minimum atomic E-state index is -0.522. The van der Waals surface area contributed by atoms with E-state index in [0.717, 1.165) is 19.3 Å². The van der Waals surface area contributed by atoms with Crippen LogP contribution >= 0.6 is 0 Å². The number of carbonyl (C=O) groups is 1. The lowest BCUT2D eigenvalue weighted by Gasteiger charge is -2.25. The summed E-state index contributed by atoms with van der Waals surface area (Å²) < 4.78 is 5.32. The van der Waals surface area contributed by atoms with Gasteiger partial charge in [-0.15, -0.1) is 0 Å². The number of nitro groups is 1. The summed E-state index contributed by atoms with van der Waals surface area (Å²) in [5.41, 5.74) is 2.51. The first kappa shape index (κ1) is 17.0. The Morgan fingerprint density at radius 3 is 2.80 bits per heavy atom. The predicted molar refractivity (Wildman–Crippen MR) is 93.7 cm³/mol. The lowest BCUT2D eigenvalue weighted by molar-refractivity contribution is -0.385. The molecule has 1 aliphatic carbocycles. The van der Waals surface area contributed by atoms with Crippen molar-refractivity contribution in [1.82, 2.24) is 5.32 Å². The van der Waals surface area contributed by atoms with Crippen LogP contribution in [0, 0.1) is 10.1 Å². The van der Waals surface area contributed by atoms with Crippen LogP contribution in [0.3, 0.4) is 0 Å². The molecule has 0 heterocycles. The molecule has 25 heavy (non-hydrogen) atoms. The molecule has 0 saturated heterocycles. The van der Waals surface area contributed by atoms with Crippen LogP contribution in [0.2, 0.25) is 0 Å². The average Bonchev–Trinajstić information content (AvgIpc) is 2.64. The van der Waals surface area contributed by atoms with Gasteiger partial charge in [0.05, 0.1) is 4.92 Å². The Labute approximate surface area is 146 Å². The monoisotopic (exact) mass is 340 g/mol. The van der Waals surface area contributed by atoms with Crippen molar-refractivity contribution in [3.63, 3.8) is 0 Å². The molecule has 1 atom stereocenters. The fourth-order valence-electron chi connectivity index (χ4n) is 3.23. The number of amides is 1. The zero-order chi connectivity index (χ0) is 17.6. The van der Waals surface area contributed by atoms with Crippen LogP contribution in [0.15, 0.2) is 48.5 Å². The second-order valence-corrected chi connectivity index (χ2v) is 6.11. The van der Waals surface area contributed by atoms with Gasteiger partial charge in [0.2, 0.25) is 0 Å². The fourth-order valence-corrected chi connectivity index (χ4v) is 3.23. The van der Waals surface area contributed by atoms with E-state index in [1.54, 1.807) is 12.1 Å². The topological polar surface area (TPSA) is 81.5 Å². The normalized spacial score (nSPS) is 15.9. The number of hydrogen-bond acceptors (Lipinski definition) is 4. The zero-order valence-electron chi connectivity index (χ0n) is 13.8. The van der Waals surface area contributed by atoms with E-state index < -0.39 is 4.92 Å². The summed E-state index contributed by atoms with van der Waals surface area (Å²) in [6.45, 7) is 0.315. The van der Waals surface area contributed by atoms with Crippen molar-refractivity contribution in [2.45, 2.75) is 25.2 Å². The highest BCUT2D eigenvalue weighted by molar-refractivity contribution is 5.77. The predicted octanol–water partition coefficient (Wildman–Crippen LogP) is 3.21. The molecule has 2 aromatic rings. The number of carbonyl (C=O) groups excluding carboxylic acids is 1. The van der Waals surface area contributed by atoms with Crippen LogP contribution < -0.4 is 10.1 Å². The van der Waals surface area contributed by atoms with Gasteiger partial charge in [-0.25, -0.2) is 0 Å². The van der Waals surface area contributed by atoms with Gasteiger partial charge in [-0.1, -0.05) is 36.4 Å². The van der Waals surface area contributed by atoms with Gasteiger partial charge in [-0.2, -0.15) is 0 Å². The number of benzene rings is 2. The number of para-hydroxylation sites is 2. The first-order valence-electron chi connectivity index (χ1n) is 8.36. The maximum Gasteiger partial charge on any atom is 0.310 e. The lowest BCUT2D eigenvalue weighted by atomic mass is 9.83. The van der Waals surface area contributed by atoms with Crippen molar-refractivity contribution in [3.05, 3.63) is 69.8 Å². The Hall–Kier alpha value is -2.89. The van der Waals surface area contributed by atoms with Gasteiger partial charge in [-0.05, 0) is 36.5 Å². The molecule has 0 aliphatic heterocycles. The van der Waals surface area contributed by atoms with Gasteiger partial charge in [0.1, 0.15) is 0 Å². The Kier molecular flexibility index (Phi) is 5.28. The van der Waals surface area contributed by atoms with Gasteiger partial charge in [-0.3, -0.25) is 14.9 Å². The van der Waals surface area contributed by atoms with Gasteiger partial charge in [0.25, 0.3) is 5.91 Å². The Morgan fingerprint density at radius 2 is 1.96 bits per heavy atom. The smallest absolute Gasteiger partial charge is 0.310 e. The summed E-state index contributed by atoms with van der Waals surface area (Å²) in [5, 5.41) is 13.8. The van der Waals surface area contributed by atoms with E-state index in [1.807, 2.05) is 12.1 Å². The van der Waals surface area contributed by atoms with E-state index in [2.05, 4.69) is 17.4 Å². The molecule has 1 unspecified atom stereocenters. The Bertz CT molecular complexity index is 776. The second kappa shape index (κ2) is 7.79. The van der Waals surface area contributed by atoms with Crippen LogP contribution in [0.25, 0.3) is 0 Å². The van der Waals surface area contributed by atoms with E-state index in [9.17, 15) is 14.9 Å². The van der Waals surface area contributed by atoms with Crippen LogP contribution in [0.4, 0.5) is 5.69 Å². The minimum absolute atomic E-state index is 0.102. The van der Waals surface area contributed by atoms with E-state index >= 15 is 0 Å². The highest BCUT2D eigenvalue weighted by atomic mass is 16.6. The van der Waals surface area contributed by atoms with E-state index in [0.29, 0.717) is 12.5 Å². The van der Waals surface area contributed by atoms with Crippen LogP contribution in [-0.2, 0) is 11.2 Å². The number of fused-ring (bicyclic) bond motifs is 1. The van der Waals surface area contributed by atoms with Crippen molar-refractivity contribution >= 4 is 11.6 Å². The van der Waals surface area contributed by atoms with Crippen molar-refractivity contribution in [1.29, 1.82) is 0 Å². The molecular weight excluding hydrogens is 320 g/mol. The van der Waals surface area contributed by atoms with E-state index in [4.69, 9.17) is 4.74 Å². The SMILES string of the molecule is O=C(COc1ccccc1[N+](=O)[O-])NCC1CCCc2ccccc21. The maximum absolute atomic E-state index is 12.0. The molecule has 1 amide bonds. The standard InChI is InChI=1S/C19H20N2O4/c22-19(13-25-18-11-4-3-10-17(18)21(23)24)20-12-15-8-5-7-14-6-1-2-9-16(14)15/h1-4,6,9-11,15H,5,7-8,12-13H2,(H,20,22).